The van der Waals surface area contributed by atoms with Gasteiger partial charge >= 0.3 is 0 Å². The molecule has 0 aliphatic carbocycles. The van der Waals surface area contributed by atoms with Crippen LogP contribution in [0.25, 0.3) is 22.4 Å². The molecule has 0 saturated heterocycles. The van der Waals surface area contributed by atoms with Gasteiger partial charge in [-0.3, -0.25) is 4.72 Å². The van der Waals surface area contributed by atoms with Crippen LogP contribution in [0.2, 0.25) is 10.0 Å². The number of aromatic amines is 1. The van der Waals surface area contributed by atoms with Gasteiger partial charge in [0.25, 0.3) is 10.0 Å². The van der Waals surface area contributed by atoms with Gasteiger partial charge in [-0.05, 0) is 54.6 Å². The fourth-order valence-electron chi connectivity index (χ4n) is 2.66. The Morgan fingerprint density at radius 3 is 2.33 bits per heavy atom. The first-order chi connectivity index (χ1) is 12.9. The van der Waals surface area contributed by atoms with Crippen molar-refractivity contribution in [2.75, 3.05) is 4.72 Å². The van der Waals surface area contributed by atoms with Gasteiger partial charge in [0.2, 0.25) is 0 Å². The number of nitrogens with zero attached hydrogens (tertiary/aromatic N) is 1. The molecular weight excluding hydrogens is 405 g/mol. The third-order valence-corrected chi connectivity index (χ3v) is 6.14. The van der Waals surface area contributed by atoms with Crippen molar-refractivity contribution in [1.82, 2.24) is 9.97 Å². The number of rotatable bonds is 4. The van der Waals surface area contributed by atoms with Crippen molar-refractivity contribution in [1.29, 1.82) is 0 Å². The molecule has 2 N–H and O–H groups in total. The van der Waals surface area contributed by atoms with Gasteiger partial charge in [-0.2, -0.15) is 0 Å². The number of imidazole rings is 1. The summed E-state index contributed by atoms with van der Waals surface area (Å²) in [6.07, 6.45) is 0. The van der Waals surface area contributed by atoms with Gasteiger partial charge in [-0.1, -0.05) is 35.3 Å². The number of anilines is 1. The Labute approximate surface area is 166 Å². The van der Waals surface area contributed by atoms with Gasteiger partial charge in [0, 0.05) is 5.56 Å². The Hall–Kier alpha value is -2.54. The van der Waals surface area contributed by atoms with Crippen LogP contribution in [0.3, 0.4) is 0 Å². The summed E-state index contributed by atoms with van der Waals surface area (Å²) in [4.78, 5) is 7.86. The maximum atomic E-state index is 12.6. The second-order valence-electron chi connectivity index (χ2n) is 5.86. The highest BCUT2D eigenvalue weighted by Gasteiger charge is 2.15. The van der Waals surface area contributed by atoms with Gasteiger partial charge < -0.3 is 4.98 Å². The molecule has 136 valence electrons. The number of fused-ring (bicyclic) bond motifs is 1. The summed E-state index contributed by atoms with van der Waals surface area (Å²) in [5.41, 5.74) is 2.90. The van der Waals surface area contributed by atoms with E-state index in [2.05, 4.69) is 14.7 Å². The molecular formula is C19H13Cl2N3O2S. The fourth-order valence-corrected chi connectivity index (χ4v) is 4.00. The summed E-state index contributed by atoms with van der Waals surface area (Å²) in [7, 11) is -3.75. The first-order valence-electron chi connectivity index (χ1n) is 7.95. The zero-order valence-corrected chi connectivity index (χ0v) is 16.1. The van der Waals surface area contributed by atoms with Crippen molar-refractivity contribution < 1.29 is 8.42 Å². The molecule has 0 amide bonds. The Balaban J connectivity index is 1.61. The summed E-state index contributed by atoms with van der Waals surface area (Å²) < 4.78 is 27.6. The highest BCUT2D eigenvalue weighted by Crippen LogP contribution is 2.27. The van der Waals surface area contributed by atoms with Crippen LogP contribution in [0, 0.1) is 0 Å². The maximum absolute atomic E-state index is 12.6. The Bertz CT molecular complexity index is 1200. The van der Waals surface area contributed by atoms with E-state index in [9.17, 15) is 8.42 Å². The van der Waals surface area contributed by atoms with E-state index in [1.165, 1.54) is 24.3 Å². The normalized spacial score (nSPS) is 11.6. The van der Waals surface area contributed by atoms with E-state index < -0.39 is 10.0 Å². The first-order valence-corrected chi connectivity index (χ1v) is 10.2. The zero-order chi connectivity index (χ0) is 19.0. The number of sulfonamides is 1. The van der Waals surface area contributed by atoms with Crippen molar-refractivity contribution in [2.45, 2.75) is 4.90 Å². The number of benzene rings is 3. The predicted octanol–water partition coefficient (Wildman–Crippen LogP) is 5.34. The molecule has 5 nitrogen and oxygen atoms in total. The Morgan fingerprint density at radius 2 is 1.63 bits per heavy atom. The Morgan fingerprint density at radius 1 is 0.889 bits per heavy atom. The molecule has 0 saturated carbocycles. The smallest absolute Gasteiger partial charge is 0.261 e. The number of aromatic nitrogens is 2. The molecule has 0 radical (unpaired) electrons. The summed E-state index contributed by atoms with van der Waals surface area (Å²) in [6.45, 7) is 0. The second kappa shape index (κ2) is 6.88. The minimum absolute atomic E-state index is 0.133. The SMILES string of the molecule is O=S(=O)(Nc1ccc(Cl)c(Cl)c1)c1ccc(-c2nc3ccccc3[nH]2)cc1. The van der Waals surface area contributed by atoms with Gasteiger partial charge in [0.05, 0.1) is 31.7 Å². The van der Waals surface area contributed by atoms with Gasteiger partial charge in [0.15, 0.2) is 0 Å². The molecule has 0 fully saturated rings. The summed E-state index contributed by atoms with van der Waals surface area (Å²) in [6, 6.07) is 18.7. The molecule has 0 aliphatic heterocycles. The zero-order valence-electron chi connectivity index (χ0n) is 13.8. The summed E-state index contributed by atoms with van der Waals surface area (Å²) in [5, 5.41) is 0.631. The maximum Gasteiger partial charge on any atom is 0.261 e. The topological polar surface area (TPSA) is 74.8 Å². The van der Waals surface area contributed by atoms with Crippen LogP contribution < -0.4 is 4.72 Å². The molecule has 1 heterocycles. The average Bonchev–Trinajstić information content (AvgIpc) is 3.09. The number of halogens is 2. The van der Waals surface area contributed by atoms with Crippen molar-refractivity contribution in [3.63, 3.8) is 0 Å². The highest BCUT2D eigenvalue weighted by molar-refractivity contribution is 7.92. The van der Waals surface area contributed by atoms with Crippen molar-refractivity contribution in [3.05, 3.63) is 76.8 Å². The van der Waals surface area contributed by atoms with Gasteiger partial charge in [-0.15, -0.1) is 0 Å². The summed E-state index contributed by atoms with van der Waals surface area (Å²) in [5.74, 6) is 0.678. The number of para-hydroxylation sites is 2. The van der Waals surface area contributed by atoms with Crippen molar-refractivity contribution in [2.24, 2.45) is 0 Å². The molecule has 0 bridgehead atoms. The molecule has 4 rings (SSSR count). The molecule has 0 aliphatic rings. The highest BCUT2D eigenvalue weighted by atomic mass is 35.5. The van der Waals surface area contributed by atoms with Crippen LogP contribution in [0.15, 0.2) is 71.6 Å². The van der Waals surface area contributed by atoms with Crippen LogP contribution in [0.5, 0.6) is 0 Å². The number of H-pyrrole nitrogens is 1. The van der Waals surface area contributed by atoms with Gasteiger partial charge in [-0.25, -0.2) is 13.4 Å². The molecule has 3 aromatic carbocycles. The van der Waals surface area contributed by atoms with Crippen LogP contribution in [-0.2, 0) is 10.0 Å². The van der Waals surface area contributed by atoms with E-state index >= 15 is 0 Å². The lowest BCUT2D eigenvalue weighted by Gasteiger charge is -2.09. The lowest BCUT2D eigenvalue weighted by Crippen LogP contribution is -2.12. The molecule has 27 heavy (non-hydrogen) atoms. The standard InChI is InChI=1S/C19H13Cl2N3O2S/c20-15-10-7-13(11-16(15)21)24-27(25,26)14-8-5-12(6-9-14)19-22-17-3-1-2-4-18(17)23-19/h1-11,24H,(H,22,23). The molecule has 4 aromatic rings. The van der Waals surface area contributed by atoms with E-state index in [0.29, 0.717) is 16.5 Å². The number of nitrogens with one attached hydrogen (secondary N) is 2. The average molecular weight is 418 g/mol. The van der Waals surface area contributed by atoms with Crippen LogP contribution in [0.1, 0.15) is 0 Å². The predicted molar refractivity (Wildman–Crippen MR) is 109 cm³/mol. The molecule has 0 atom stereocenters. The van der Waals surface area contributed by atoms with Gasteiger partial charge in [0.1, 0.15) is 5.82 Å². The largest absolute Gasteiger partial charge is 0.338 e. The minimum Gasteiger partial charge on any atom is -0.338 e. The number of hydrogen-bond donors (Lipinski definition) is 2. The minimum atomic E-state index is -3.75. The summed E-state index contributed by atoms with van der Waals surface area (Å²) >= 11 is 11.8. The van der Waals surface area contributed by atoms with Crippen LogP contribution >= 0.6 is 23.2 Å². The van der Waals surface area contributed by atoms with E-state index in [4.69, 9.17) is 23.2 Å². The van der Waals surface area contributed by atoms with E-state index in [1.54, 1.807) is 18.2 Å². The molecule has 0 unspecified atom stereocenters. The third-order valence-electron chi connectivity index (χ3n) is 4.00. The fraction of sp³-hybridized carbons (Fsp3) is 0. The third kappa shape index (κ3) is 3.64. The lowest BCUT2D eigenvalue weighted by atomic mass is 10.2. The number of hydrogen-bond acceptors (Lipinski definition) is 3. The van der Waals surface area contributed by atoms with E-state index in [1.807, 2.05) is 24.3 Å². The van der Waals surface area contributed by atoms with E-state index in [-0.39, 0.29) is 9.92 Å². The second-order valence-corrected chi connectivity index (χ2v) is 8.36. The van der Waals surface area contributed by atoms with Crippen LogP contribution in [0.4, 0.5) is 5.69 Å². The van der Waals surface area contributed by atoms with Crippen molar-refractivity contribution >= 4 is 49.9 Å². The monoisotopic (exact) mass is 417 g/mol. The lowest BCUT2D eigenvalue weighted by molar-refractivity contribution is 0.601. The molecule has 8 heteroatoms. The molecule has 1 aromatic heterocycles. The quantitative estimate of drug-likeness (QED) is 0.470. The molecule has 0 spiro atoms. The van der Waals surface area contributed by atoms with Crippen LogP contribution in [-0.4, -0.2) is 18.4 Å². The Kier molecular flexibility index (Phi) is 4.55. The van der Waals surface area contributed by atoms with Crippen molar-refractivity contribution in [3.8, 4) is 11.4 Å². The van der Waals surface area contributed by atoms with E-state index in [0.717, 1.165) is 16.6 Å². The first kappa shape index (κ1) is 17.9.